The number of anilines is 3. The van der Waals surface area contributed by atoms with Gasteiger partial charge in [-0.1, -0.05) is 25.0 Å². The summed E-state index contributed by atoms with van der Waals surface area (Å²) in [5, 5.41) is 6.55. The molecule has 0 unspecified atom stereocenters. The van der Waals surface area contributed by atoms with Gasteiger partial charge in [-0.05, 0) is 74.3 Å². The molecule has 4 aliphatic rings. The first-order valence-corrected chi connectivity index (χ1v) is 19.9. The summed E-state index contributed by atoms with van der Waals surface area (Å²) in [6.07, 6.45) is 10.7. The number of hydrogen-bond donors (Lipinski definition) is 2. The molecule has 1 spiro atoms. The van der Waals surface area contributed by atoms with Crippen molar-refractivity contribution in [2.45, 2.75) is 76.4 Å². The molecule has 2 N–H and O–H groups in total. The minimum atomic E-state index is -0.700. The normalized spacial score (nSPS) is 20.8. The number of nitrogens with zero attached hydrogens (tertiary/aromatic N) is 9. The van der Waals surface area contributed by atoms with Crippen LogP contribution in [0.25, 0.3) is 22.1 Å². The lowest BCUT2D eigenvalue weighted by molar-refractivity contribution is -0.135. The number of pyridine rings is 1. The van der Waals surface area contributed by atoms with Crippen molar-refractivity contribution in [2.24, 2.45) is 12.5 Å². The molecule has 3 aliphatic heterocycles. The minimum Gasteiger partial charge on any atom is -0.370 e. The van der Waals surface area contributed by atoms with Gasteiger partial charge in [0.05, 0.1) is 16.7 Å². The zero-order valence-corrected chi connectivity index (χ0v) is 32.5. The first kappa shape index (κ1) is 36.1. The number of imidazole rings is 1. The third-order valence-corrected chi connectivity index (χ3v) is 12.8. The predicted octanol–water partition coefficient (Wildman–Crippen LogP) is 4.68. The molecule has 1 aliphatic carbocycles. The van der Waals surface area contributed by atoms with E-state index in [1.807, 2.05) is 30.5 Å². The maximum absolute atomic E-state index is 13.5. The molecule has 1 saturated carbocycles. The molecule has 1 aromatic carbocycles. The average molecular weight is 760 g/mol. The van der Waals surface area contributed by atoms with Crippen molar-refractivity contribution in [1.29, 1.82) is 0 Å². The number of fused-ring (bicyclic) bond motifs is 2. The number of aromatic nitrogens is 6. The van der Waals surface area contributed by atoms with Crippen LogP contribution in [0.2, 0.25) is 0 Å². The van der Waals surface area contributed by atoms with Crippen LogP contribution in [0.5, 0.6) is 0 Å². The van der Waals surface area contributed by atoms with Gasteiger partial charge in [0.25, 0.3) is 5.91 Å². The van der Waals surface area contributed by atoms with Crippen molar-refractivity contribution < 1.29 is 14.4 Å². The SMILES string of the molecule is C[C@@H](c1ccc(Nc2ncc3cc(C(=O)N(C)C)n(C4CCCC4)c3n2)nc1)N1CC2(CCN(c3cccc4c3n(C)c(=O)n4[C@@H]3CCC(=O)NC3=O)CC2)C1. The molecule has 292 valence electrons. The van der Waals surface area contributed by atoms with Gasteiger partial charge in [-0.3, -0.25) is 33.7 Å². The largest absolute Gasteiger partial charge is 0.370 e. The van der Waals surface area contributed by atoms with Crippen LogP contribution in [0.4, 0.5) is 17.5 Å². The maximum atomic E-state index is 13.5. The third-order valence-electron chi connectivity index (χ3n) is 12.8. The molecule has 15 heteroatoms. The van der Waals surface area contributed by atoms with E-state index >= 15 is 0 Å². The van der Waals surface area contributed by atoms with Gasteiger partial charge in [0.15, 0.2) is 0 Å². The summed E-state index contributed by atoms with van der Waals surface area (Å²) in [4.78, 5) is 71.8. The number of carbonyl (C=O) groups is 3. The van der Waals surface area contributed by atoms with E-state index in [4.69, 9.17) is 9.97 Å². The molecule has 5 aromatic rings. The summed E-state index contributed by atoms with van der Waals surface area (Å²) in [6.45, 7) is 6.04. The van der Waals surface area contributed by atoms with E-state index in [0.29, 0.717) is 23.9 Å². The second kappa shape index (κ2) is 13.9. The molecule has 15 nitrogen and oxygen atoms in total. The van der Waals surface area contributed by atoms with Gasteiger partial charge in [-0.25, -0.2) is 14.8 Å². The molecule has 3 saturated heterocycles. The van der Waals surface area contributed by atoms with Crippen molar-refractivity contribution in [2.75, 3.05) is 50.5 Å². The maximum Gasteiger partial charge on any atom is 0.329 e. The average Bonchev–Trinajstić information content (AvgIpc) is 3.91. The highest BCUT2D eigenvalue weighted by molar-refractivity contribution is 6.01. The molecule has 0 radical (unpaired) electrons. The highest BCUT2D eigenvalue weighted by Crippen LogP contribution is 2.45. The standard InChI is InChI=1S/C41H49N11O4/c1-25(26-12-14-33(42-21-26)44-39-43-22-27-20-32(38(55)47(2)3)51(36(27)46-39)28-8-5-6-9-28)50-23-41(24-50)16-18-49(19-17-41)29-10-7-11-30-35(29)48(4)40(56)52(30)31-13-15-34(53)45-37(31)54/h7,10-12,14,20-22,25,28,31H,5-6,8-9,13,15-19,23-24H2,1-4H3,(H,45,53,54)(H,42,43,44,46)/t25-,31+/m0/s1. The molecule has 9 rings (SSSR count). The topological polar surface area (TPSA) is 156 Å². The Morgan fingerprint density at radius 3 is 2.45 bits per heavy atom. The molecule has 0 bridgehead atoms. The van der Waals surface area contributed by atoms with E-state index in [-0.39, 0.29) is 41.4 Å². The fraction of sp³-hybridized carbons (Fsp3) is 0.488. The summed E-state index contributed by atoms with van der Waals surface area (Å²) in [5.41, 5.74) is 5.13. The number of imide groups is 1. The predicted molar refractivity (Wildman–Crippen MR) is 213 cm³/mol. The zero-order valence-electron chi connectivity index (χ0n) is 32.5. The Labute approximate surface area is 324 Å². The fourth-order valence-corrected chi connectivity index (χ4v) is 9.58. The van der Waals surface area contributed by atoms with E-state index < -0.39 is 11.9 Å². The molecular formula is C41H49N11O4. The highest BCUT2D eigenvalue weighted by atomic mass is 16.2. The summed E-state index contributed by atoms with van der Waals surface area (Å²) in [5.74, 6) is 0.369. The van der Waals surface area contributed by atoms with Gasteiger partial charge >= 0.3 is 5.69 Å². The van der Waals surface area contributed by atoms with Gasteiger partial charge < -0.3 is 19.7 Å². The lowest BCUT2D eigenvalue weighted by Gasteiger charge is -2.56. The number of para-hydroxylation sites is 1. The summed E-state index contributed by atoms with van der Waals surface area (Å²) < 4.78 is 5.32. The lowest BCUT2D eigenvalue weighted by atomic mass is 9.71. The Morgan fingerprint density at radius 2 is 1.75 bits per heavy atom. The zero-order chi connectivity index (χ0) is 38.9. The van der Waals surface area contributed by atoms with Gasteiger partial charge in [0.2, 0.25) is 17.8 Å². The molecule has 4 fully saturated rings. The monoisotopic (exact) mass is 759 g/mol. The number of piperidine rings is 2. The molecular weight excluding hydrogens is 711 g/mol. The number of amides is 3. The molecule has 3 amide bonds. The summed E-state index contributed by atoms with van der Waals surface area (Å²) in [7, 11) is 5.32. The number of likely N-dealkylation sites (tertiary alicyclic amines) is 1. The number of benzene rings is 1. The minimum absolute atomic E-state index is 0.0298. The first-order chi connectivity index (χ1) is 27.0. The first-order valence-electron chi connectivity index (χ1n) is 19.9. The fourth-order valence-electron chi connectivity index (χ4n) is 9.58. The number of carbonyl (C=O) groups excluding carboxylic acids is 3. The van der Waals surface area contributed by atoms with E-state index in [1.165, 1.54) is 0 Å². The van der Waals surface area contributed by atoms with E-state index in [0.717, 1.165) is 98.0 Å². The number of rotatable bonds is 8. The van der Waals surface area contributed by atoms with Crippen LogP contribution in [0.3, 0.4) is 0 Å². The van der Waals surface area contributed by atoms with Crippen LogP contribution >= 0.6 is 0 Å². The number of hydrogen-bond acceptors (Lipinski definition) is 10. The third kappa shape index (κ3) is 6.12. The van der Waals surface area contributed by atoms with E-state index in [1.54, 1.807) is 41.4 Å². The Bertz CT molecular complexity index is 2410. The highest BCUT2D eigenvalue weighted by Gasteiger charge is 2.46. The van der Waals surface area contributed by atoms with E-state index in [9.17, 15) is 19.2 Å². The molecule has 56 heavy (non-hydrogen) atoms. The Kier molecular flexibility index (Phi) is 8.94. The van der Waals surface area contributed by atoms with E-state index in [2.05, 4.69) is 49.0 Å². The van der Waals surface area contributed by atoms with Crippen LogP contribution < -0.4 is 21.2 Å². The van der Waals surface area contributed by atoms with Crippen molar-refractivity contribution in [3.63, 3.8) is 0 Å². The Morgan fingerprint density at radius 1 is 0.982 bits per heavy atom. The van der Waals surface area contributed by atoms with Crippen LogP contribution in [0.1, 0.15) is 92.5 Å². The van der Waals surface area contributed by atoms with Crippen molar-refractivity contribution in [3.8, 4) is 0 Å². The summed E-state index contributed by atoms with van der Waals surface area (Å²) >= 11 is 0. The number of nitrogens with one attached hydrogen (secondary N) is 2. The van der Waals surface area contributed by atoms with Crippen LogP contribution in [-0.2, 0) is 16.6 Å². The smallest absolute Gasteiger partial charge is 0.329 e. The Balaban J connectivity index is 0.843. The van der Waals surface area contributed by atoms with Crippen molar-refractivity contribution in [3.05, 3.63) is 70.5 Å². The van der Waals surface area contributed by atoms with Gasteiger partial charge in [0, 0.05) is 83.6 Å². The second-order valence-electron chi connectivity index (χ2n) is 16.5. The van der Waals surface area contributed by atoms with Gasteiger partial charge in [-0.15, -0.1) is 0 Å². The quantitative estimate of drug-likeness (QED) is 0.213. The molecule has 7 heterocycles. The summed E-state index contributed by atoms with van der Waals surface area (Å²) in [6, 6.07) is 11.7. The number of aryl methyl sites for hydroxylation is 1. The lowest BCUT2D eigenvalue weighted by Crippen LogP contribution is -2.60. The second-order valence-corrected chi connectivity index (χ2v) is 16.5. The van der Waals surface area contributed by atoms with Gasteiger partial charge in [-0.2, -0.15) is 4.98 Å². The van der Waals surface area contributed by atoms with Crippen LogP contribution in [0.15, 0.2) is 53.6 Å². The van der Waals surface area contributed by atoms with Crippen molar-refractivity contribution in [1.82, 2.24) is 43.8 Å². The molecule has 2 atom stereocenters. The van der Waals surface area contributed by atoms with Crippen LogP contribution in [-0.4, -0.2) is 96.4 Å². The van der Waals surface area contributed by atoms with Crippen molar-refractivity contribution >= 4 is 57.2 Å². The van der Waals surface area contributed by atoms with Crippen LogP contribution in [0, 0.1) is 5.41 Å². The Hall–Kier alpha value is -5.57. The van der Waals surface area contributed by atoms with Gasteiger partial charge in [0.1, 0.15) is 23.2 Å². The molecule has 4 aromatic heterocycles.